The van der Waals surface area contributed by atoms with Gasteiger partial charge in [0.1, 0.15) is 12.3 Å². The minimum Gasteiger partial charge on any atom is -0.495 e. The van der Waals surface area contributed by atoms with E-state index in [1.54, 1.807) is 49.4 Å². The number of sulfonamides is 1. The van der Waals surface area contributed by atoms with Gasteiger partial charge in [-0.15, -0.1) is 0 Å². The van der Waals surface area contributed by atoms with Crippen LogP contribution in [0.15, 0.2) is 47.6 Å². The smallest absolute Gasteiger partial charge is 0.260 e. The van der Waals surface area contributed by atoms with E-state index in [9.17, 15) is 13.2 Å². The molecule has 0 unspecified atom stereocenters. The van der Waals surface area contributed by atoms with Crippen molar-refractivity contribution in [3.63, 3.8) is 0 Å². The summed E-state index contributed by atoms with van der Waals surface area (Å²) in [5.74, 6) is -0.230. The van der Waals surface area contributed by atoms with Crippen LogP contribution in [-0.2, 0) is 14.8 Å². The van der Waals surface area contributed by atoms with Crippen LogP contribution in [0, 0.1) is 6.92 Å². The van der Waals surface area contributed by atoms with Gasteiger partial charge in [0.2, 0.25) is 10.0 Å². The maximum Gasteiger partial charge on any atom is 0.260 e. The van der Waals surface area contributed by atoms with Crippen LogP contribution in [0.2, 0.25) is 5.02 Å². The molecule has 0 saturated heterocycles. The summed E-state index contributed by atoms with van der Waals surface area (Å²) in [4.78, 5) is 12.4. The molecule has 2 rings (SSSR count). The number of carbonyl (C=O) groups is 1. The number of methoxy groups -OCH3 is 1. The molecular weight excluding hydrogens is 402 g/mol. The molecule has 0 fully saturated rings. The molecule has 0 aliphatic heterocycles. The van der Waals surface area contributed by atoms with Crippen LogP contribution in [0.25, 0.3) is 0 Å². The van der Waals surface area contributed by atoms with E-state index in [0.717, 1.165) is 21.7 Å². The van der Waals surface area contributed by atoms with Gasteiger partial charge in [-0.1, -0.05) is 29.8 Å². The highest BCUT2D eigenvalue weighted by molar-refractivity contribution is 7.92. The lowest BCUT2D eigenvalue weighted by atomic mass is 10.1. The van der Waals surface area contributed by atoms with Crippen LogP contribution < -0.4 is 14.5 Å². The molecular formula is C19H22ClN3O4S. The van der Waals surface area contributed by atoms with E-state index in [2.05, 4.69) is 10.5 Å². The van der Waals surface area contributed by atoms with Gasteiger partial charge in [-0.05, 0) is 49.2 Å². The minimum absolute atomic E-state index is 0.290. The highest BCUT2D eigenvalue weighted by Crippen LogP contribution is 2.30. The predicted molar refractivity (Wildman–Crippen MR) is 112 cm³/mol. The van der Waals surface area contributed by atoms with Gasteiger partial charge in [0, 0.05) is 5.02 Å². The highest BCUT2D eigenvalue weighted by Gasteiger charge is 2.24. The van der Waals surface area contributed by atoms with Gasteiger partial charge in [-0.2, -0.15) is 5.10 Å². The monoisotopic (exact) mass is 423 g/mol. The number of benzene rings is 2. The van der Waals surface area contributed by atoms with Crippen molar-refractivity contribution >= 4 is 38.9 Å². The first-order valence-corrected chi connectivity index (χ1v) is 10.6. The van der Waals surface area contributed by atoms with E-state index in [1.807, 2.05) is 6.92 Å². The number of carbonyl (C=O) groups excluding carboxylic acids is 1. The number of amides is 1. The van der Waals surface area contributed by atoms with Crippen molar-refractivity contribution in [2.45, 2.75) is 13.8 Å². The molecule has 0 aliphatic carbocycles. The van der Waals surface area contributed by atoms with Gasteiger partial charge in [-0.3, -0.25) is 9.10 Å². The summed E-state index contributed by atoms with van der Waals surface area (Å²) in [6.45, 7) is 3.11. The number of rotatable bonds is 7. The molecule has 2 aromatic carbocycles. The molecule has 0 saturated carbocycles. The molecule has 1 amide bonds. The van der Waals surface area contributed by atoms with E-state index in [-0.39, 0.29) is 0 Å². The van der Waals surface area contributed by atoms with Crippen molar-refractivity contribution in [1.29, 1.82) is 0 Å². The molecule has 0 radical (unpaired) electrons. The van der Waals surface area contributed by atoms with E-state index in [1.165, 1.54) is 7.11 Å². The molecule has 9 heteroatoms. The Labute approximate surface area is 170 Å². The topological polar surface area (TPSA) is 88.1 Å². The number of nitrogens with zero attached hydrogens (tertiary/aromatic N) is 2. The van der Waals surface area contributed by atoms with E-state index < -0.39 is 22.5 Å². The third-order valence-electron chi connectivity index (χ3n) is 3.90. The Balaban J connectivity index is 2.22. The number of hydrogen-bond acceptors (Lipinski definition) is 5. The zero-order chi connectivity index (χ0) is 20.9. The van der Waals surface area contributed by atoms with Crippen LogP contribution in [0.3, 0.4) is 0 Å². The maximum absolute atomic E-state index is 12.4. The fourth-order valence-corrected chi connectivity index (χ4v) is 3.42. The summed E-state index contributed by atoms with van der Waals surface area (Å²) in [6.07, 6.45) is 1.03. The Hall–Kier alpha value is -2.58. The van der Waals surface area contributed by atoms with Crippen molar-refractivity contribution in [1.82, 2.24) is 5.43 Å². The van der Waals surface area contributed by atoms with E-state index in [4.69, 9.17) is 16.3 Å². The largest absolute Gasteiger partial charge is 0.495 e. The third kappa shape index (κ3) is 5.71. The first-order valence-electron chi connectivity index (χ1n) is 8.33. The van der Waals surface area contributed by atoms with Gasteiger partial charge in [0.05, 0.1) is 24.8 Å². The third-order valence-corrected chi connectivity index (χ3v) is 5.28. The first-order chi connectivity index (χ1) is 13.1. The van der Waals surface area contributed by atoms with Crippen molar-refractivity contribution in [2.24, 2.45) is 5.10 Å². The van der Waals surface area contributed by atoms with Crippen LogP contribution in [0.5, 0.6) is 5.75 Å². The van der Waals surface area contributed by atoms with Crippen molar-refractivity contribution in [2.75, 3.05) is 24.2 Å². The van der Waals surface area contributed by atoms with Crippen LogP contribution in [0.4, 0.5) is 5.69 Å². The Kier molecular flexibility index (Phi) is 7.04. The SMILES string of the molecule is COc1ccc(C)cc1N(CC(=O)N/N=C(/C)c1ccc(Cl)cc1)S(C)(=O)=O. The molecule has 0 aliphatic rings. The molecule has 0 bridgehead atoms. The van der Waals surface area contributed by atoms with E-state index in [0.29, 0.717) is 22.2 Å². The number of hydrogen-bond donors (Lipinski definition) is 1. The lowest BCUT2D eigenvalue weighted by Gasteiger charge is -2.23. The Morgan fingerprint density at radius 3 is 2.43 bits per heavy atom. The number of ether oxygens (including phenoxy) is 1. The zero-order valence-electron chi connectivity index (χ0n) is 16.1. The summed E-state index contributed by atoms with van der Waals surface area (Å²) in [7, 11) is -2.29. The van der Waals surface area contributed by atoms with Crippen molar-refractivity contribution in [3.8, 4) is 5.75 Å². The van der Waals surface area contributed by atoms with Gasteiger partial charge in [0.15, 0.2) is 0 Å². The number of aryl methyl sites for hydroxylation is 1. The molecule has 0 atom stereocenters. The summed E-state index contributed by atoms with van der Waals surface area (Å²) >= 11 is 5.86. The molecule has 0 spiro atoms. The summed E-state index contributed by atoms with van der Waals surface area (Å²) in [5, 5.41) is 4.63. The lowest BCUT2D eigenvalue weighted by molar-refractivity contribution is -0.119. The predicted octanol–water partition coefficient (Wildman–Crippen LogP) is 2.96. The normalized spacial score (nSPS) is 11.8. The second-order valence-corrected chi connectivity index (χ2v) is 8.53. The summed E-state index contributed by atoms with van der Waals surface area (Å²) in [6, 6.07) is 12.1. The number of anilines is 1. The Morgan fingerprint density at radius 1 is 1.21 bits per heavy atom. The first kappa shape index (κ1) is 21.7. The summed E-state index contributed by atoms with van der Waals surface area (Å²) < 4.78 is 30.8. The molecule has 7 nitrogen and oxygen atoms in total. The maximum atomic E-state index is 12.4. The highest BCUT2D eigenvalue weighted by atomic mass is 35.5. The standard InChI is InChI=1S/C19H22ClN3O4S/c1-13-5-10-18(27-3)17(11-13)23(28(4,25)26)12-19(24)22-21-14(2)15-6-8-16(20)9-7-15/h5-11H,12H2,1-4H3,(H,22,24)/b21-14-. The lowest BCUT2D eigenvalue weighted by Crippen LogP contribution is -2.39. The fourth-order valence-electron chi connectivity index (χ4n) is 2.44. The molecule has 0 aromatic heterocycles. The van der Waals surface area contributed by atoms with Gasteiger partial charge in [-0.25, -0.2) is 13.8 Å². The summed E-state index contributed by atoms with van der Waals surface area (Å²) in [5.41, 5.74) is 4.86. The Morgan fingerprint density at radius 2 is 1.86 bits per heavy atom. The van der Waals surface area contributed by atoms with Crippen LogP contribution >= 0.6 is 11.6 Å². The number of hydrazone groups is 1. The number of halogens is 1. The molecule has 2 aromatic rings. The average molecular weight is 424 g/mol. The molecule has 1 N–H and O–H groups in total. The van der Waals surface area contributed by atoms with Gasteiger partial charge in [0.25, 0.3) is 5.91 Å². The molecule has 28 heavy (non-hydrogen) atoms. The molecule has 150 valence electrons. The second kappa shape index (κ2) is 9.07. The quantitative estimate of drug-likeness (QED) is 0.547. The van der Waals surface area contributed by atoms with Crippen LogP contribution in [0.1, 0.15) is 18.1 Å². The van der Waals surface area contributed by atoms with Gasteiger partial charge >= 0.3 is 0 Å². The average Bonchev–Trinajstić information content (AvgIpc) is 2.63. The second-order valence-electron chi connectivity index (χ2n) is 6.18. The molecule has 0 heterocycles. The Bertz CT molecular complexity index is 989. The fraction of sp³-hybridized carbons (Fsp3) is 0.263. The van der Waals surface area contributed by atoms with Crippen molar-refractivity contribution in [3.05, 3.63) is 58.6 Å². The van der Waals surface area contributed by atoms with Gasteiger partial charge < -0.3 is 4.74 Å². The van der Waals surface area contributed by atoms with Crippen molar-refractivity contribution < 1.29 is 17.9 Å². The van der Waals surface area contributed by atoms with Crippen LogP contribution in [-0.4, -0.2) is 39.9 Å². The van der Waals surface area contributed by atoms with E-state index >= 15 is 0 Å². The number of nitrogens with one attached hydrogen (secondary N) is 1. The zero-order valence-corrected chi connectivity index (χ0v) is 17.6. The minimum atomic E-state index is -3.73.